The van der Waals surface area contributed by atoms with Gasteiger partial charge >= 0.3 is 0 Å². The van der Waals surface area contributed by atoms with Gasteiger partial charge in [0.2, 0.25) is 53.2 Å². The highest BCUT2D eigenvalue weighted by Gasteiger charge is 2.28. The Kier molecular flexibility index (Phi) is 18.0. The molecule has 49 heavy (non-hydrogen) atoms. The van der Waals surface area contributed by atoms with Gasteiger partial charge in [0.05, 0.1) is 46.0 Å². The van der Waals surface area contributed by atoms with Crippen molar-refractivity contribution < 1.29 is 52.6 Å². The largest absolute Gasteiger partial charge is 0.379 e. The van der Waals surface area contributed by atoms with E-state index >= 15 is 0 Å². The lowest BCUT2D eigenvalue weighted by atomic mass is 10.1. The highest BCUT2D eigenvalue weighted by molar-refractivity contribution is 6.02. The molecule has 0 radical (unpaired) electrons. The first-order valence-electron chi connectivity index (χ1n) is 15.4. The van der Waals surface area contributed by atoms with Crippen LogP contribution in [-0.4, -0.2) is 123 Å². The molecule has 1 fully saturated rings. The molecule has 1 aliphatic heterocycles. The standard InChI is InChI=1S/C30H42N8O11/c31-22(39)15-24(41)32-9-12-49-19-36-26(43)17-35-30(47)21(14-20-4-2-1-3-5-20)37-27(44)18-34-25(42)16-33-23(40)8-11-48-13-10-38-28(45)6-7-29(38)46/h1-5,21H,6-19H2,(H2,31,39)(H,32,41)(H,33,40)(H,34,42)(H,35,47)(H,36,43)(H,37,44). The van der Waals surface area contributed by atoms with Gasteiger partial charge in [0.25, 0.3) is 0 Å². The first-order chi connectivity index (χ1) is 23.4. The monoisotopic (exact) mass is 690 g/mol. The molecule has 8 N–H and O–H groups in total. The molecule has 268 valence electrons. The fourth-order valence-corrected chi connectivity index (χ4v) is 4.15. The summed E-state index contributed by atoms with van der Waals surface area (Å²) in [6.45, 7) is -1.25. The van der Waals surface area contributed by atoms with Crippen LogP contribution in [0.3, 0.4) is 0 Å². The summed E-state index contributed by atoms with van der Waals surface area (Å²) in [5.74, 6) is -4.94. The van der Waals surface area contributed by atoms with E-state index in [-0.39, 0.29) is 77.1 Å². The second-order valence-corrected chi connectivity index (χ2v) is 10.5. The van der Waals surface area contributed by atoms with Crippen molar-refractivity contribution in [3.63, 3.8) is 0 Å². The molecule has 1 heterocycles. The van der Waals surface area contributed by atoms with Crippen molar-refractivity contribution in [2.75, 3.05) is 59.3 Å². The van der Waals surface area contributed by atoms with E-state index < -0.39 is 73.4 Å². The number of primary amides is 1. The van der Waals surface area contributed by atoms with Crippen LogP contribution < -0.4 is 37.6 Å². The lowest BCUT2D eigenvalue weighted by Crippen LogP contribution is -2.52. The van der Waals surface area contributed by atoms with Crippen molar-refractivity contribution in [2.24, 2.45) is 5.73 Å². The normalized spacial score (nSPS) is 12.9. The lowest BCUT2D eigenvalue weighted by Gasteiger charge is -2.19. The van der Waals surface area contributed by atoms with Crippen molar-refractivity contribution in [2.45, 2.75) is 38.1 Å². The number of hydrogen-bond donors (Lipinski definition) is 7. The number of carbonyl (C=O) groups excluding carboxylic acids is 9. The third kappa shape index (κ3) is 17.3. The number of carbonyl (C=O) groups is 9. The van der Waals surface area contributed by atoms with Crippen LogP contribution in [0.2, 0.25) is 0 Å². The zero-order valence-corrected chi connectivity index (χ0v) is 26.9. The highest BCUT2D eigenvalue weighted by atomic mass is 16.5. The van der Waals surface area contributed by atoms with Crippen molar-refractivity contribution in [1.29, 1.82) is 0 Å². The number of nitrogens with one attached hydrogen (secondary N) is 6. The van der Waals surface area contributed by atoms with Crippen LogP contribution in [0.15, 0.2) is 30.3 Å². The van der Waals surface area contributed by atoms with Crippen LogP contribution in [0, 0.1) is 0 Å². The van der Waals surface area contributed by atoms with Crippen molar-refractivity contribution >= 4 is 53.2 Å². The fraction of sp³-hybridized carbons (Fsp3) is 0.500. The summed E-state index contributed by atoms with van der Waals surface area (Å²) in [6.07, 6.45) is -0.0744. The van der Waals surface area contributed by atoms with Crippen molar-refractivity contribution in [3.8, 4) is 0 Å². The van der Waals surface area contributed by atoms with Gasteiger partial charge in [-0.25, -0.2) is 0 Å². The third-order valence-electron chi connectivity index (χ3n) is 6.61. The maximum atomic E-state index is 12.9. The van der Waals surface area contributed by atoms with Gasteiger partial charge in [0, 0.05) is 32.2 Å². The minimum absolute atomic E-state index is 0.00801. The van der Waals surface area contributed by atoms with Gasteiger partial charge in [-0.1, -0.05) is 30.3 Å². The number of benzene rings is 1. The van der Waals surface area contributed by atoms with Gasteiger partial charge in [-0.3, -0.25) is 48.1 Å². The molecule has 1 aromatic carbocycles. The van der Waals surface area contributed by atoms with Crippen LogP contribution in [0.1, 0.15) is 31.2 Å². The number of rotatable bonds is 23. The molecule has 19 nitrogen and oxygen atoms in total. The summed E-state index contributed by atoms with van der Waals surface area (Å²) in [5.41, 5.74) is 5.63. The Labute approximate surface area is 281 Å². The van der Waals surface area contributed by atoms with Crippen molar-refractivity contribution in [3.05, 3.63) is 35.9 Å². The molecule has 1 unspecified atom stereocenters. The Morgan fingerprint density at radius 1 is 0.714 bits per heavy atom. The minimum atomic E-state index is -1.10. The summed E-state index contributed by atoms with van der Waals surface area (Å²) < 4.78 is 10.4. The fourth-order valence-electron chi connectivity index (χ4n) is 4.15. The molecule has 1 aromatic rings. The number of ether oxygens (including phenoxy) is 2. The average molecular weight is 691 g/mol. The Balaban J connectivity index is 1.67. The summed E-state index contributed by atoms with van der Waals surface area (Å²) in [4.78, 5) is 108. The first kappa shape index (κ1) is 39.7. The van der Waals surface area contributed by atoms with E-state index in [1.807, 2.05) is 0 Å². The molecule has 0 saturated carbocycles. The summed E-state index contributed by atoms with van der Waals surface area (Å²) in [5, 5.41) is 14.5. The predicted molar refractivity (Wildman–Crippen MR) is 168 cm³/mol. The Bertz CT molecular complexity index is 1330. The van der Waals surface area contributed by atoms with Gasteiger partial charge in [-0.15, -0.1) is 0 Å². The Morgan fingerprint density at radius 3 is 2.04 bits per heavy atom. The molecule has 9 amide bonds. The number of likely N-dealkylation sites (tertiary alicyclic amines) is 1. The summed E-state index contributed by atoms with van der Waals surface area (Å²) in [6, 6.07) is 7.68. The van der Waals surface area contributed by atoms with E-state index in [0.29, 0.717) is 0 Å². The Morgan fingerprint density at radius 2 is 1.35 bits per heavy atom. The maximum Gasteiger partial charge on any atom is 0.243 e. The molecule has 0 bridgehead atoms. The van der Waals surface area contributed by atoms with Crippen LogP contribution in [0.5, 0.6) is 0 Å². The second-order valence-electron chi connectivity index (χ2n) is 10.5. The van der Waals surface area contributed by atoms with Crippen molar-refractivity contribution in [1.82, 2.24) is 36.8 Å². The number of nitrogens with zero attached hydrogens (tertiary/aromatic N) is 1. The van der Waals surface area contributed by atoms with E-state index in [2.05, 4.69) is 31.9 Å². The Hall–Kier alpha value is -5.43. The molecule has 0 spiro atoms. The zero-order valence-electron chi connectivity index (χ0n) is 26.9. The summed E-state index contributed by atoms with van der Waals surface area (Å²) >= 11 is 0. The highest BCUT2D eigenvalue weighted by Crippen LogP contribution is 2.10. The van der Waals surface area contributed by atoms with Gasteiger partial charge < -0.3 is 47.1 Å². The number of amides is 9. The molecule has 1 saturated heterocycles. The van der Waals surface area contributed by atoms with E-state index in [9.17, 15) is 43.2 Å². The van der Waals surface area contributed by atoms with Crippen LogP contribution in [0.4, 0.5) is 0 Å². The zero-order chi connectivity index (χ0) is 36.0. The van der Waals surface area contributed by atoms with Crippen LogP contribution in [0.25, 0.3) is 0 Å². The topological polar surface area (TPSA) is 274 Å². The molecule has 1 atom stereocenters. The van der Waals surface area contributed by atoms with Gasteiger partial charge in [0.15, 0.2) is 0 Å². The second kappa shape index (κ2) is 22.2. The maximum absolute atomic E-state index is 12.9. The van der Waals surface area contributed by atoms with Crippen LogP contribution >= 0.6 is 0 Å². The molecular weight excluding hydrogens is 648 g/mol. The third-order valence-corrected chi connectivity index (χ3v) is 6.61. The summed E-state index contributed by atoms with van der Waals surface area (Å²) in [7, 11) is 0. The van der Waals surface area contributed by atoms with E-state index in [1.54, 1.807) is 30.3 Å². The molecule has 0 aromatic heterocycles. The quantitative estimate of drug-likeness (QED) is 0.0250. The average Bonchev–Trinajstić information content (AvgIpc) is 3.38. The van der Waals surface area contributed by atoms with E-state index in [4.69, 9.17) is 15.2 Å². The smallest absolute Gasteiger partial charge is 0.243 e. The molecule has 2 rings (SSSR count). The first-order valence-corrected chi connectivity index (χ1v) is 15.4. The number of imide groups is 1. The van der Waals surface area contributed by atoms with Gasteiger partial charge in [-0.05, 0) is 5.56 Å². The molecule has 0 aliphatic carbocycles. The van der Waals surface area contributed by atoms with Gasteiger partial charge in [0.1, 0.15) is 19.2 Å². The predicted octanol–water partition coefficient (Wildman–Crippen LogP) is -4.30. The molecular formula is C30H42N8O11. The number of nitrogens with two attached hydrogens (primary N) is 1. The van der Waals surface area contributed by atoms with Crippen LogP contribution in [-0.2, 0) is 59.0 Å². The molecule has 19 heteroatoms. The minimum Gasteiger partial charge on any atom is -0.379 e. The lowest BCUT2D eigenvalue weighted by molar-refractivity contribution is -0.139. The molecule has 1 aliphatic rings. The van der Waals surface area contributed by atoms with E-state index in [1.165, 1.54) is 0 Å². The van der Waals surface area contributed by atoms with E-state index in [0.717, 1.165) is 10.5 Å². The number of hydrogen-bond acceptors (Lipinski definition) is 11. The van der Waals surface area contributed by atoms with Gasteiger partial charge in [-0.2, -0.15) is 0 Å². The SMILES string of the molecule is NC(=O)CC(=O)NCCOCNC(=O)CNC(=O)C(Cc1ccccc1)NC(=O)CNC(=O)CNC(=O)CCOCCN1C(=O)CCC1=O.